The van der Waals surface area contributed by atoms with Crippen molar-refractivity contribution in [2.24, 2.45) is 0 Å². The lowest BCUT2D eigenvalue weighted by Gasteiger charge is -2.10. The van der Waals surface area contributed by atoms with Crippen LogP contribution < -0.4 is 5.56 Å². The van der Waals surface area contributed by atoms with Gasteiger partial charge in [-0.25, -0.2) is 9.78 Å². The molecule has 1 aromatic carbocycles. The normalized spacial score (nSPS) is 11.0. The summed E-state index contributed by atoms with van der Waals surface area (Å²) in [6, 6.07) is 7.32. The van der Waals surface area contributed by atoms with Crippen molar-refractivity contribution in [1.29, 1.82) is 0 Å². The highest BCUT2D eigenvalue weighted by molar-refractivity contribution is 6.05. The Kier molecular flexibility index (Phi) is 3.38. The maximum absolute atomic E-state index is 12.4. The van der Waals surface area contributed by atoms with Crippen molar-refractivity contribution in [1.82, 2.24) is 9.55 Å². The standard InChI is InChI=1S/C16H14N2O4/c1-9-4-3-5-10-6-11-14(17-13(9)10)12(16(21)22-2)7-18(8-19)15(11)20/h3-7,19H,8H2,1-2H3. The number of benzene rings is 1. The van der Waals surface area contributed by atoms with E-state index in [2.05, 4.69) is 4.98 Å². The van der Waals surface area contributed by atoms with Gasteiger partial charge < -0.3 is 9.84 Å². The van der Waals surface area contributed by atoms with Crippen molar-refractivity contribution < 1.29 is 14.6 Å². The molecule has 0 aliphatic carbocycles. The van der Waals surface area contributed by atoms with E-state index in [9.17, 15) is 14.7 Å². The molecule has 112 valence electrons. The van der Waals surface area contributed by atoms with Crippen LogP contribution in [0.4, 0.5) is 0 Å². The van der Waals surface area contributed by atoms with E-state index in [1.54, 1.807) is 6.07 Å². The first-order valence-corrected chi connectivity index (χ1v) is 6.69. The van der Waals surface area contributed by atoms with Crippen LogP contribution in [0.2, 0.25) is 0 Å². The fraction of sp³-hybridized carbons (Fsp3) is 0.188. The summed E-state index contributed by atoms with van der Waals surface area (Å²) in [5, 5.41) is 10.4. The lowest BCUT2D eigenvalue weighted by atomic mass is 10.1. The topological polar surface area (TPSA) is 81.4 Å². The predicted octanol–water partition coefficient (Wildman–Crippen LogP) is 1.59. The molecule has 0 unspecified atom stereocenters. The van der Waals surface area contributed by atoms with Crippen LogP contribution in [-0.4, -0.2) is 27.7 Å². The number of ether oxygens (including phenoxy) is 1. The molecule has 0 aliphatic heterocycles. The molecule has 0 aliphatic rings. The largest absolute Gasteiger partial charge is 0.465 e. The minimum Gasteiger partial charge on any atom is -0.465 e. The van der Waals surface area contributed by atoms with Gasteiger partial charge in [-0.2, -0.15) is 0 Å². The Morgan fingerprint density at radius 2 is 2.14 bits per heavy atom. The minimum atomic E-state index is -0.604. The molecule has 3 aromatic rings. The molecule has 0 spiro atoms. The molecule has 0 radical (unpaired) electrons. The average Bonchev–Trinajstić information content (AvgIpc) is 2.54. The van der Waals surface area contributed by atoms with E-state index in [1.807, 2.05) is 25.1 Å². The number of nitrogens with zero attached hydrogens (tertiary/aromatic N) is 2. The number of rotatable bonds is 2. The van der Waals surface area contributed by atoms with Gasteiger partial charge >= 0.3 is 5.97 Å². The van der Waals surface area contributed by atoms with Gasteiger partial charge in [0.1, 0.15) is 12.3 Å². The molecule has 0 atom stereocenters. The summed E-state index contributed by atoms with van der Waals surface area (Å²) in [7, 11) is 1.26. The van der Waals surface area contributed by atoms with Crippen LogP contribution in [0.5, 0.6) is 0 Å². The third kappa shape index (κ3) is 2.05. The smallest absolute Gasteiger partial charge is 0.341 e. The molecule has 6 nitrogen and oxygen atoms in total. The van der Waals surface area contributed by atoms with Crippen LogP contribution in [0, 0.1) is 6.92 Å². The molecule has 0 saturated carbocycles. The summed E-state index contributed by atoms with van der Waals surface area (Å²) in [6.07, 6.45) is 1.27. The second-order valence-electron chi connectivity index (χ2n) is 4.98. The zero-order valence-corrected chi connectivity index (χ0v) is 12.2. The SMILES string of the molecule is COC(=O)c1cn(CO)c(=O)c2cc3cccc(C)c3nc12. The maximum Gasteiger partial charge on any atom is 0.341 e. The Hall–Kier alpha value is -2.73. The van der Waals surface area contributed by atoms with Gasteiger partial charge in [0.15, 0.2) is 0 Å². The zero-order chi connectivity index (χ0) is 15.9. The Morgan fingerprint density at radius 3 is 2.82 bits per heavy atom. The molecule has 0 amide bonds. The summed E-state index contributed by atoms with van der Waals surface area (Å²) in [5.74, 6) is -0.604. The van der Waals surface area contributed by atoms with E-state index in [1.165, 1.54) is 13.3 Å². The number of aliphatic hydroxyl groups excluding tert-OH is 1. The highest BCUT2D eigenvalue weighted by atomic mass is 16.5. The molecular formula is C16H14N2O4. The number of aliphatic hydroxyl groups is 1. The zero-order valence-electron chi connectivity index (χ0n) is 12.2. The molecule has 22 heavy (non-hydrogen) atoms. The molecule has 0 saturated heterocycles. The Balaban J connectivity index is 2.53. The lowest BCUT2D eigenvalue weighted by Crippen LogP contribution is -2.22. The molecule has 0 bridgehead atoms. The Bertz CT molecular complexity index is 960. The van der Waals surface area contributed by atoms with Gasteiger partial charge in [-0.15, -0.1) is 0 Å². The number of hydrogen-bond donors (Lipinski definition) is 1. The molecule has 0 fully saturated rings. The van der Waals surface area contributed by atoms with Gasteiger partial charge in [-0.3, -0.25) is 9.36 Å². The van der Waals surface area contributed by atoms with Crippen molar-refractivity contribution in [3.8, 4) is 0 Å². The van der Waals surface area contributed by atoms with Crippen LogP contribution >= 0.6 is 0 Å². The van der Waals surface area contributed by atoms with Crippen LogP contribution in [-0.2, 0) is 11.5 Å². The summed E-state index contributed by atoms with van der Waals surface area (Å²) in [6.45, 7) is 1.39. The number of carbonyl (C=O) groups is 1. The van der Waals surface area contributed by atoms with Crippen LogP contribution in [0.25, 0.3) is 21.8 Å². The number of aromatic nitrogens is 2. The number of pyridine rings is 2. The second-order valence-corrected chi connectivity index (χ2v) is 4.98. The summed E-state index contributed by atoms with van der Waals surface area (Å²) in [5.41, 5.74) is 1.70. The number of fused-ring (bicyclic) bond motifs is 2. The van der Waals surface area contributed by atoms with Crippen molar-refractivity contribution in [2.45, 2.75) is 13.7 Å². The lowest BCUT2D eigenvalue weighted by molar-refractivity contribution is 0.0601. The monoisotopic (exact) mass is 298 g/mol. The molecule has 2 heterocycles. The number of carbonyl (C=O) groups excluding carboxylic acids is 1. The van der Waals surface area contributed by atoms with Crippen molar-refractivity contribution in [3.63, 3.8) is 0 Å². The first-order chi connectivity index (χ1) is 10.6. The number of para-hydroxylation sites is 1. The van der Waals surface area contributed by atoms with Gasteiger partial charge in [0, 0.05) is 11.6 Å². The van der Waals surface area contributed by atoms with E-state index in [-0.39, 0.29) is 16.5 Å². The highest BCUT2D eigenvalue weighted by Gasteiger charge is 2.17. The quantitative estimate of drug-likeness (QED) is 0.574. The van der Waals surface area contributed by atoms with Crippen molar-refractivity contribution in [3.05, 3.63) is 51.9 Å². The first-order valence-electron chi connectivity index (χ1n) is 6.69. The molecule has 3 rings (SSSR count). The minimum absolute atomic E-state index is 0.149. The third-order valence-corrected chi connectivity index (χ3v) is 3.64. The number of aryl methyl sites for hydroxylation is 1. The summed E-state index contributed by atoms with van der Waals surface area (Å²) >= 11 is 0. The van der Waals surface area contributed by atoms with E-state index >= 15 is 0 Å². The first kappa shape index (κ1) is 14.2. The van der Waals surface area contributed by atoms with E-state index in [0.29, 0.717) is 0 Å². The van der Waals surface area contributed by atoms with Crippen molar-refractivity contribution in [2.75, 3.05) is 7.11 Å². The average molecular weight is 298 g/mol. The molecule has 2 aromatic heterocycles. The maximum atomic E-state index is 12.4. The fourth-order valence-corrected chi connectivity index (χ4v) is 2.51. The Labute approximate surface area is 125 Å². The Morgan fingerprint density at radius 1 is 1.36 bits per heavy atom. The van der Waals surface area contributed by atoms with Crippen LogP contribution in [0.1, 0.15) is 15.9 Å². The molecule has 1 N–H and O–H groups in total. The van der Waals surface area contributed by atoms with Gasteiger partial charge in [0.2, 0.25) is 0 Å². The summed E-state index contributed by atoms with van der Waals surface area (Å²) < 4.78 is 5.80. The van der Waals surface area contributed by atoms with Gasteiger partial charge in [-0.05, 0) is 18.6 Å². The van der Waals surface area contributed by atoms with E-state index in [4.69, 9.17) is 4.74 Å². The number of hydrogen-bond acceptors (Lipinski definition) is 5. The predicted molar refractivity (Wildman–Crippen MR) is 81.8 cm³/mol. The molecular weight excluding hydrogens is 284 g/mol. The number of esters is 1. The summed E-state index contributed by atoms with van der Waals surface area (Å²) in [4.78, 5) is 28.8. The van der Waals surface area contributed by atoms with Gasteiger partial charge in [-0.1, -0.05) is 18.2 Å². The van der Waals surface area contributed by atoms with E-state index in [0.717, 1.165) is 21.0 Å². The van der Waals surface area contributed by atoms with E-state index < -0.39 is 18.3 Å². The third-order valence-electron chi connectivity index (χ3n) is 3.64. The number of methoxy groups -OCH3 is 1. The fourth-order valence-electron chi connectivity index (χ4n) is 2.51. The van der Waals surface area contributed by atoms with Gasteiger partial charge in [0.05, 0.1) is 23.5 Å². The van der Waals surface area contributed by atoms with Crippen LogP contribution in [0.15, 0.2) is 35.3 Å². The van der Waals surface area contributed by atoms with Crippen molar-refractivity contribution >= 4 is 27.8 Å². The second kappa shape index (κ2) is 5.23. The van der Waals surface area contributed by atoms with Gasteiger partial charge in [0.25, 0.3) is 5.56 Å². The highest BCUT2D eigenvalue weighted by Crippen LogP contribution is 2.22. The van der Waals surface area contributed by atoms with Crippen LogP contribution in [0.3, 0.4) is 0 Å². The molecule has 6 heteroatoms.